The van der Waals surface area contributed by atoms with Crippen LogP contribution in [-0.4, -0.2) is 54.9 Å². The van der Waals surface area contributed by atoms with Gasteiger partial charge < -0.3 is 23.7 Å². The standard InChI is InChI=1S/C20H23NO9S/c1-5-29-19(22)12-30-13-6-8-14(9-7-13)31(24,25)21-16-11-18(27-3)17(26-2)10-15(16)20(23)28-4/h6-11,21H,5,12H2,1-4H3. The fourth-order valence-corrected chi connectivity index (χ4v) is 3.58. The first-order valence-electron chi connectivity index (χ1n) is 9.01. The van der Waals surface area contributed by atoms with Gasteiger partial charge in [0.15, 0.2) is 18.1 Å². The first-order chi connectivity index (χ1) is 14.7. The van der Waals surface area contributed by atoms with Crippen molar-refractivity contribution >= 4 is 27.6 Å². The minimum atomic E-state index is -4.08. The Morgan fingerprint density at radius 3 is 2.13 bits per heavy atom. The normalized spacial score (nSPS) is 10.7. The van der Waals surface area contributed by atoms with Crippen LogP contribution >= 0.6 is 0 Å². The quantitative estimate of drug-likeness (QED) is 0.539. The Labute approximate surface area is 180 Å². The van der Waals surface area contributed by atoms with Gasteiger partial charge in [-0.2, -0.15) is 0 Å². The number of hydrogen-bond acceptors (Lipinski definition) is 9. The molecule has 0 radical (unpaired) electrons. The van der Waals surface area contributed by atoms with Crippen molar-refractivity contribution in [3.8, 4) is 17.2 Å². The summed E-state index contributed by atoms with van der Waals surface area (Å²) in [6.45, 7) is 1.61. The number of rotatable bonds is 10. The molecule has 0 aliphatic heterocycles. The molecule has 0 amide bonds. The molecule has 2 aromatic carbocycles. The third-order valence-electron chi connectivity index (χ3n) is 3.97. The lowest BCUT2D eigenvalue weighted by molar-refractivity contribution is -0.145. The molecule has 0 heterocycles. The maximum Gasteiger partial charge on any atom is 0.344 e. The van der Waals surface area contributed by atoms with E-state index in [1.54, 1.807) is 6.92 Å². The van der Waals surface area contributed by atoms with Gasteiger partial charge in [0.25, 0.3) is 10.0 Å². The summed E-state index contributed by atoms with van der Waals surface area (Å²) in [5.41, 5.74) is -0.106. The van der Waals surface area contributed by atoms with Gasteiger partial charge in [0.05, 0.1) is 44.1 Å². The number of hydrogen-bond donors (Lipinski definition) is 1. The van der Waals surface area contributed by atoms with Crippen LogP contribution < -0.4 is 18.9 Å². The van der Waals surface area contributed by atoms with Crippen molar-refractivity contribution in [2.45, 2.75) is 11.8 Å². The van der Waals surface area contributed by atoms with E-state index in [1.807, 2.05) is 0 Å². The summed E-state index contributed by atoms with van der Waals surface area (Å²) < 4.78 is 53.1. The van der Waals surface area contributed by atoms with Crippen LogP contribution in [0.3, 0.4) is 0 Å². The molecule has 0 aliphatic carbocycles. The molecule has 0 bridgehead atoms. The number of carbonyl (C=O) groups is 2. The van der Waals surface area contributed by atoms with Gasteiger partial charge in [-0.1, -0.05) is 0 Å². The Morgan fingerprint density at radius 1 is 0.968 bits per heavy atom. The topological polar surface area (TPSA) is 126 Å². The van der Waals surface area contributed by atoms with Crippen molar-refractivity contribution in [2.24, 2.45) is 0 Å². The number of esters is 2. The highest BCUT2D eigenvalue weighted by Crippen LogP contribution is 2.34. The highest BCUT2D eigenvalue weighted by Gasteiger charge is 2.22. The van der Waals surface area contributed by atoms with Gasteiger partial charge in [0.2, 0.25) is 0 Å². The van der Waals surface area contributed by atoms with Crippen LogP contribution in [0.4, 0.5) is 5.69 Å². The minimum absolute atomic E-state index is 0.0489. The summed E-state index contributed by atoms with van der Waals surface area (Å²) in [4.78, 5) is 23.4. The van der Waals surface area contributed by atoms with E-state index in [0.717, 1.165) is 0 Å². The second-order valence-corrected chi connectivity index (χ2v) is 7.60. The van der Waals surface area contributed by atoms with E-state index in [1.165, 1.54) is 57.7 Å². The largest absolute Gasteiger partial charge is 0.493 e. The fourth-order valence-electron chi connectivity index (χ4n) is 2.51. The van der Waals surface area contributed by atoms with Crippen molar-refractivity contribution in [1.82, 2.24) is 0 Å². The number of ether oxygens (including phenoxy) is 5. The molecule has 0 saturated heterocycles. The maximum atomic E-state index is 12.8. The number of anilines is 1. The average Bonchev–Trinajstić information content (AvgIpc) is 2.77. The average molecular weight is 453 g/mol. The molecule has 11 heteroatoms. The van der Waals surface area contributed by atoms with E-state index in [-0.39, 0.29) is 46.6 Å². The predicted molar refractivity (Wildman–Crippen MR) is 110 cm³/mol. The molecule has 0 unspecified atom stereocenters. The summed E-state index contributed by atoms with van der Waals surface area (Å²) in [5, 5.41) is 0. The summed E-state index contributed by atoms with van der Waals surface area (Å²) in [7, 11) is -0.146. The number of carbonyl (C=O) groups excluding carboxylic acids is 2. The van der Waals surface area contributed by atoms with Gasteiger partial charge >= 0.3 is 11.9 Å². The van der Waals surface area contributed by atoms with Crippen LogP contribution in [-0.2, 0) is 24.3 Å². The number of nitrogens with one attached hydrogen (secondary N) is 1. The fraction of sp³-hybridized carbons (Fsp3) is 0.300. The van der Waals surface area contributed by atoms with Crippen molar-refractivity contribution in [3.05, 3.63) is 42.0 Å². The molecule has 0 saturated carbocycles. The molecule has 0 aromatic heterocycles. The van der Waals surface area contributed by atoms with Crippen LogP contribution in [0.25, 0.3) is 0 Å². The van der Waals surface area contributed by atoms with Crippen LogP contribution in [0.15, 0.2) is 41.3 Å². The zero-order valence-corrected chi connectivity index (χ0v) is 18.3. The number of benzene rings is 2. The molecular formula is C20H23NO9S. The number of methoxy groups -OCH3 is 3. The Bertz CT molecular complexity index is 1030. The highest BCUT2D eigenvalue weighted by atomic mass is 32.2. The molecular weight excluding hydrogens is 430 g/mol. The SMILES string of the molecule is CCOC(=O)COc1ccc(S(=O)(=O)Nc2cc(OC)c(OC)cc2C(=O)OC)cc1. The lowest BCUT2D eigenvalue weighted by Gasteiger charge is -2.15. The molecule has 168 valence electrons. The third-order valence-corrected chi connectivity index (χ3v) is 5.35. The van der Waals surface area contributed by atoms with Crippen molar-refractivity contribution in [1.29, 1.82) is 0 Å². The molecule has 10 nitrogen and oxygen atoms in total. The van der Waals surface area contributed by atoms with Crippen LogP contribution in [0.5, 0.6) is 17.2 Å². The second kappa shape index (κ2) is 10.5. The molecule has 2 aromatic rings. The number of sulfonamides is 1. The van der Waals surface area contributed by atoms with Gasteiger partial charge in [-0.05, 0) is 31.2 Å². The van der Waals surface area contributed by atoms with E-state index >= 15 is 0 Å². The Morgan fingerprint density at radius 2 is 1.58 bits per heavy atom. The highest BCUT2D eigenvalue weighted by molar-refractivity contribution is 7.92. The molecule has 1 N–H and O–H groups in total. The van der Waals surface area contributed by atoms with Gasteiger partial charge in [-0.15, -0.1) is 0 Å². The summed E-state index contributed by atoms with van der Waals surface area (Å²) in [6.07, 6.45) is 0. The summed E-state index contributed by atoms with van der Waals surface area (Å²) in [6, 6.07) is 8.00. The van der Waals surface area contributed by atoms with Gasteiger partial charge in [0, 0.05) is 12.1 Å². The van der Waals surface area contributed by atoms with E-state index in [0.29, 0.717) is 0 Å². The third kappa shape index (κ3) is 6.01. The van der Waals surface area contributed by atoms with Gasteiger partial charge in [0.1, 0.15) is 5.75 Å². The van der Waals surface area contributed by atoms with Crippen molar-refractivity contribution < 1.29 is 41.7 Å². The van der Waals surface area contributed by atoms with Crippen LogP contribution in [0.2, 0.25) is 0 Å². The lowest BCUT2D eigenvalue weighted by atomic mass is 10.1. The molecule has 31 heavy (non-hydrogen) atoms. The minimum Gasteiger partial charge on any atom is -0.493 e. The Balaban J connectivity index is 2.29. The maximum absolute atomic E-state index is 12.8. The zero-order chi connectivity index (χ0) is 23.0. The molecule has 0 aliphatic rings. The molecule has 0 spiro atoms. The monoisotopic (exact) mass is 453 g/mol. The second-order valence-electron chi connectivity index (χ2n) is 5.91. The van der Waals surface area contributed by atoms with E-state index in [9.17, 15) is 18.0 Å². The summed E-state index contributed by atoms with van der Waals surface area (Å²) >= 11 is 0. The lowest BCUT2D eigenvalue weighted by Crippen LogP contribution is -2.17. The van der Waals surface area contributed by atoms with E-state index in [4.69, 9.17) is 23.7 Å². The van der Waals surface area contributed by atoms with Crippen LogP contribution in [0, 0.1) is 0 Å². The van der Waals surface area contributed by atoms with Gasteiger partial charge in [-0.3, -0.25) is 4.72 Å². The van der Waals surface area contributed by atoms with Crippen molar-refractivity contribution in [3.63, 3.8) is 0 Å². The molecule has 0 atom stereocenters. The smallest absolute Gasteiger partial charge is 0.344 e. The van der Waals surface area contributed by atoms with Crippen molar-refractivity contribution in [2.75, 3.05) is 39.3 Å². The predicted octanol–water partition coefficient (Wildman–Crippen LogP) is 2.23. The Hall–Kier alpha value is -3.47. The molecule has 0 fully saturated rings. The Kier molecular flexibility index (Phi) is 8.08. The first kappa shape index (κ1) is 23.8. The van der Waals surface area contributed by atoms with Crippen LogP contribution in [0.1, 0.15) is 17.3 Å². The van der Waals surface area contributed by atoms with E-state index < -0.39 is 22.0 Å². The van der Waals surface area contributed by atoms with Gasteiger partial charge in [-0.25, -0.2) is 18.0 Å². The molecule has 2 rings (SSSR count). The summed E-state index contributed by atoms with van der Waals surface area (Å²) in [5.74, 6) is -0.566. The first-order valence-corrected chi connectivity index (χ1v) is 10.5. The zero-order valence-electron chi connectivity index (χ0n) is 17.5. The van der Waals surface area contributed by atoms with E-state index in [2.05, 4.69) is 4.72 Å².